The van der Waals surface area contributed by atoms with Crippen molar-refractivity contribution in [1.29, 1.82) is 0 Å². The summed E-state index contributed by atoms with van der Waals surface area (Å²) < 4.78 is 0. The van der Waals surface area contributed by atoms with Crippen molar-refractivity contribution < 1.29 is 0 Å². The van der Waals surface area contributed by atoms with Crippen LogP contribution in [0, 0.1) is 0 Å². The summed E-state index contributed by atoms with van der Waals surface area (Å²) in [6.45, 7) is 0. The Morgan fingerprint density at radius 3 is 2.36 bits per heavy atom. The van der Waals surface area contributed by atoms with E-state index in [0.29, 0.717) is 5.11 Å². The Labute approximate surface area is 93.4 Å². The second-order valence-corrected chi connectivity index (χ2v) is 4.45. The van der Waals surface area contributed by atoms with Crippen LogP contribution in [0.4, 0.5) is 0 Å². The Morgan fingerprint density at radius 1 is 1.36 bits per heavy atom. The van der Waals surface area contributed by atoms with Crippen molar-refractivity contribution in [3.05, 3.63) is 34.9 Å². The molecule has 0 amide bonds. The van der Waals surface area contributed by atoms with Gasteiger partial charge in [-0.25, -0.2) is 0 Å². The van der Waals surface area contributed by atoms with Gasteiger partial charge >= 0.3 is 0 Å². The van der Waals surface area contributed by atoms with Gasteiger partial charge in [0.25, 0.3) is 0 Å². The Bertz CT molecular complexity index is 357. The molecule has 0 saturated heterocycles. The van der Waals surface area contributed by atoms with E-state index in [1.54, 1.807) is 0 Å². The molecule has 0 heterocycles. The molecule has 1 aromatic rings. The zero-order valence-electron chi connectivity index (χ0n) is 7.59. The van der Waals surface area contributed by atoms with Gasteiger partial charge in [0.1, 0.15) is 0 Å². The highest BCUT2D eigenvalue weighted by Gasteiger charge is 2.44. The average Bonchev–Trinajstić information content (AvgIpc) is 2.85. The van der Waals surface area contributed by atoms with E-state index >= 15 is 0 Å². The highest BCUT2D eigenvalue weighted by atomic mass is 35.5. The van der Waals surface area contributed by atoms with Crippen molar-refractivity contribution in [2.75, 3.05) is 0 Å². The number of hydrogen-bond acceptors (Lipinski definition) is 1. The minimum atomic E-state index is -0.0174. The molecule has 1 fully saturated rings. The number of nitrogens with two attached hydrogens (primary N) is 1. The lowest BCUT2D eigenvalue weighted by atomic mass is 10.1. The van der Waals surface area contributed by atoms with Gasteiger partial charge in [0.05, 0.1) is 5.54 Å². The smallest absolute Gasteiger partial charge is 0.164 e. The van der Waals surface area contributed by atoms with Crippen LogP contribution >= 0.6 is 23.8 Å². The topological polar surface area (TPSA) is 38.0 Å². The predicted octanol–water partition coefficient (Wildman–Crippen LogP) is 2.16. The lowest BCUT2D eigenvalue weighted by molar-refractivity contribution is 0.647. The maximum Gasteiger partial charge on any atom is 0.164 e. The predicted molar refractivity (Wildman–Crippen MR) is 62.3 cm³/mol. The summed E-state index contributed by atoms with van der Waals surface area (Å²) in [5, 5.41) is 4.24. The third-order valence-corrected chi connectivity index (χ3v) is 2.86. The Morgan fingerprint density at radius 2 is 1.93 bits per heavy atom. The van der Waals surface area contributed by atoms with Crippen LogP contribution in [-0.4, -0.2) is 5.11 Å². The minimum absolute atomic E-state index is 0.0174. The quantitative estimate of drug-likeness (QED) is 0.760. The molecular formula is C10H11ClN2S. The molecule has 0 aliphatic heterocycles. The van der Waals surface area contributed by atoms with Crippen LogP contribution < -0.4 is 11.1 Å². The van der Waals surface area contributed by atoms with E-state index in [2.05, 4.69) is 5.32 Å². The van der Waals surface area contributed by atoms with Gasteiger partial charge in [-0.3, -0.25) is 0 Å². The molecule has 0 radical (unpaired) electrons. The summed E-state index contributed by atoms with van der Waals surface area (Å²) >= 11 is 10.7. The van der Waals surface area contributed by atoms with Crippen molar-refractivity contribution in [3.63, 3.8) is 0 Å². The van der Waals surface area contributed by atoms with Crippen LogP contribution in [0.25, 0.3) is 0 Å². The normalized spacial score (nSPS) is 17.5. The Hall–Kier alpha value is -0.800. The number of halogens is 1. The summed E-state index contributed by atoms with van der Waals surface area (Å²) in [6.07, 6.45) is 2.15. The zero-order chi connectivity index (χ0) is 10.2. The lowest BCUT2D eigenvalue weighted by Crippen LogP contribution is -2.38. The van der Waals surface area contributed by atoms with E-state index in [9.17, 15) is 0 Å². The van der Waals surface area contributed by atoms with E-state index in [0.717, 1.165) is 17.9 Å². The first-order valence-electron chi connectivity index (χ1n) is 4.46. The molecule has 0 bridgehead atoms. The first-order chi connectivity index (χ1) is 6.62. The van der Waals surface area contributed by atoms with Crippen LogP contribution in [0.15, 0.2) is 24.3 Å². The van der Waals surface area contributed by atoms with Crippen LogP contribution in [-0.2, 0) is 5.54 Å². The largest absolute Gasteiger partial charge is 0.376 e. The highest BCUT2D eigenvalue weighted by molar-refractivity contribution is 7.80. The zero-order valence-corrected chi connectivity index (χ0v) is 9.16. The maximum absolute atomic E-state index is 5.82. The summed E-state index contributed by atoms with van der Waals surface area (Å²) in [4.78, 5) is 0. The van der Waals surface area contributed by atoms with Gasteiger partial charge in [-0.05, 0) is 42.8 Å². The fourth-order valence-corrected chi connectivity index (χ4v) is 1.94. The van der Waals surface area contributed by atoms with Crippen LogP contribution in [0.1, 0.15) is 18.4 Å². The fourth-order valence-electron chi connectivity index (χ4n) is 1.62. The molecule has 0 spiro atoms. The molecule has 4 heteroatoms. The SMILES string of the molecule is NC(=S)NC1(c2ccc(Cl)cc2)CC1. The average molecular weight is 227 g/mol. The summed E-state index contributed by atoms with van der Waals surface area (Å²) in [7, 11) is 0. The number of rotatable bonds is 2. The molecule has 3 N–H and O–H groups in total. The Kier molecular flexibility index (Phi) is 2.37. The van der Waals surface area contributed by atoms with Crippen LogP contribution in [0.2, 0.25) is 5.02 Å². The number of nitrogens with one attached hydrogen (secondary N) is 1. The van der Waals surface area contributed by atoms with Crippen molar-refractivity contribution in [3.8, 4) is 0 Å². The van der Waals surface area contributed by atoms with Crippen LogP contribution in [0.5, 0.6) is 0 Å². The number of benzene rings is 1. The molecular weight excluding hydrogens is 216 g/mol. The van der Waals surface area contributed by atoms with Gasteiger partial charge in [0.15, 0.2) is 5.11 Å². The van der Waals surface area contributed by atoms with E-state index in [1.165, 1.54) is 5.56 Å². The molecule has 1 aromatic carbocycles. The van der Waals surface area contributed by atoms with Gasteiger partial charge in [-0.2, -0.15) is 0 Å². The highest BCUT2D eigenvalue weighted by Crippen LogP contribution is 2.45. The molecule has 2 nitrogen and oxygen atoms in total. The minimum Gasteiger partial charge on any atom is -0.376 e. The number of hydrogen-bond donors (Lipinski definition) is 2. The van der Waals surface area contributed by atoms with Crippen molar-refractivity contribution in [1.82, 2.24) is 5.32 Å². The van der Waals surface area contributed by atoms with Gasteiger partial charge in [0.2, 0.25) is 0 Å². The molecule has 2 rings (SSSR count). The third-order valence-electron chi connectivity index (χ3n) is 2.51. The molecule has 74 valence electrons. The summed E-state index contributed by atoms with van der Waals surface area (Å²) in [5.41, 5.74) is 6.67. The van der Waals surface area contributed by atoms with E-state index in [1.807, 2.05) is 24.3 Å². The molecule has 1 aliphatic carbocycles. The first-order valence-corrected chi connectivity index (χ1v) is 5.25. The second-order valence-electron chi connectivity index (χ2n) is 3.58. The van der Waals surface area contributed by atoms with Crippen molar-refractivity contribution >= 4 is 28.9 Å². The summed E-state index contributed by atoms with van der Waals surface area (Å²) in [6, 6.07) is 7.80. The molecule has 1 saturated carbocycles. The third kappa shape index (κ3) is 1.83. The summed E-state index contributed by atoms with van der Waals surface area (Å²) in [5.74, 6) is 0. The Balaban J connectivity index is 2.22. The lowest BCUT2D eigenvalue weighted by Gasteiger charge is -2.17. The molecule has 0 unspecified atom stereocenters. The molecule has 14 heavy (non-hydrogen) atoms. The van der Waals surface area contributed by atoms with Gasteiger partial charge in [-0.1, -0.05) is 23.7 Å². The molecule has 1 aliphatic rings. The molecule has 0 aromatic heterocycles. The maximum atomic E-state index is 5.82. The first kappa shape index (κ1) is 9.74. The van der Waals surface area contributed by atoms with Gasteiger partial charge in [0, 0.05) is 5.02 Å². The number of thiocarbonyl (C=S) groups is 1. The standard InChI is InChI=1S/C10H11ClN2S/c11-8-3-1-7(2-4-8)10(5-6-10)13-9(12)14/h1-4H,5-6H2,(H3,12,13,14). The van der Waals surface area contributed by atoms with E-state index in [-0.39, 0.29) is 5.54 Å². The van der Waals surface area contributed by atoms with E-state index in [4.69, 9.17) is 29.6 Å². The second kappa shape index (κ2) is 3.41. The fraction of sp³-hybridized carbons (Fsp3) is 0.300. The van der Waals surface area contributed by atoms with Crippen LogP contribution in [0.3, 0.4) is 0 Å². The van der Waals surface area contributed by atoms with Gasteiger partial charge < -0.3 is 11.1 Å². The van der Waals surface area contributed by atoms with Crippen molar-refractivity contribution in [2.24, 2.45) is 5.73 Å². The monoisotopic (exact) mass is 226 g/mol. The van der Waals surface area contributed by atoms with Crippen molar-refractivity contribution in [2.45, 2.75) is 18.4 Å². The van der Waals surface area contributed by atoms with Gasteiger partial charge in [-0.15, -0.1) is 0 Å². The van der Waals surface area contributed by atoms with E-state index < -0.39 is 0 Å². The molecule has 0 atom stereocenters.